The smallest absolute Gasteiger partial charge is 0.144 e. The Morgan fingerprint density at radius 3 is 2.47 bits per heavy atom. The Kier molecular flexibility index (Phi) is 4.40. The highest BCUT2D eigenvalue weighted by molar-refractivity contribution is 9.11. The van der Waals surface area contributed by atoms with Crippen molar-refractivity contribution in [1.29, 1.82) is 0 Å². The van der Waals surface area contributed by atoms with Gasteiger partial charge in [-0.2, -0.15) is 0 Å². The van der Waals surface area contributed by atoms with Crippen LogP contribution < -0.4 is 0 Å². The summed E-state index contributed by atoms with van der Waals surface area (Å²) < 4.78 is 16.7. The molecular formula is C10H14BrNOS2. The maximum Gasteiger partial charge on any atom is 0.144 e. The number of hydrogen-bond acceptors (Lipinski definition) is 3. The van der Waals surface area contributed by atoms with Gasteiger partial charge < -0.3 is 4.55 Å². The van der Waals surface area contributed by atoms with E-state index in [-0.39, 0.29) is 4.75 Å². The van der Waals surface area contributed by atoms with Crippen molar-refractivity contribution in [3.05, 3.63) is 20.8 Å². The van der Waals surface area contributed by atoms with Gasteiger partial charge in [-0.25, -0.2) is 0 Å². The van der Waals surface area contributed by atoms with E-state index >= 15 is 0 Å². The Bertz CT molecular complexity index is 368. The number of hydrogen-bond donors (Lipinski definition) is 0. The number of halogens is 1. The monoisotopic (exact) mass is 307 g/mol. The average molecular weight is 308 g/mol. The fourth-order valence-corrected chi connectivity index (χ4v) is 2.82. The first-order valence-electron chi connectivity index (χ1n) is 4.53. The maximum absolute atomic E-state index is 11.8. The third-order valence-electron chi connectivity index (χ3n) is 1.67. The minimum Gasteiger partial charge on any atom is -0.591 e. The van der Waals surface area contributed by atoms with Crippen molar-refractivity contribution in [2.45, 2.75) is 32.4 Å². The van der Waals surface area contributed by atoms with Crippen molar-refractivity contribution < 1.29 is 4.55 Å². The van der Waals surface area contributed by atoms with Gasteiger partial charge in [-0.3, -0.25) is 0 Å². The molecule has 0 saturated carbocycles. The summed E-state index contributed by atoms with van der Waals surface area (Å²) in [5, 5.41) is 0. The molecule has 0 aliphatic carbocycles. The molecule has 1 aromatic rings. The van der Waals surface area contributed by atoms with Gasteiger partial charge in [-0.15, -0.1) is 11.3 Å². The highest BCUT2D eigenvalue weighted by Crippen LogP contribution is 2.24. The van der Waals surface area contributed by atoms with Gasteiger partial charge in [-0.05, 0) is 55.8 Å². The van der Waals surface area contributed by atoms with Gasteiger partial charge >= 0.3 is 0 Å². The highest BCUT2D eigenvalue weighted by Gasteiger charge is 2.26. The van der Waals surface area contributed by atoms with Crippen LogP contribution in [-0.4, -0.2) is 15.0 Å². The second kappa shape index (κ2) is 4.99. The molecule has 0 saturated heterocycles. The van der Waals surface area contributed by atoms with Gasteiger partial charge in [0.15, 0.2) is 0 Å². The third-order valence-corrected chi connectivity index (χ3v) is 4.89. The number of rotatable bonds is 2. The zero-order chi connectivity index (χ0) is 11.6. The molecule has 84 valence electrons. The van der Waals surface area contributed by atoms with Crippen LogP contribution in [0, 0.1) is 0 Å². The molecule has 0 aliphatic rings. The van der Waals surface area contributed by atoms with Crippen molar-refractivity contribution in [2.75, 3.05) is 0 Å². The number of thiophene rings is 1. The molecule has 1 heterocycles. The summed E-state index contributed by atoms with van der Waals surface area (Å²) in [6.07, 6.45) is 0. The van der Waals surface area contributed by atoms with Gasteiger partial charge in [0.1, 0.15) is 21.8 Å². The Morgan fingerprint density at radius 2 is 2.07 bits per heavy atom. The zero-order valence-electron chi connectivity index (χ0n) is 9.20. The highest BCUT2D eigenvalue weighted by atomic mass is 79.9. The first-order valence-corrected chi connectivity index (χ1v) is 7.25. The molecule has 0 unspecified atom stereocenters. The van der Waals surface area contributed by atoms with Crippen LogP contribution in [0.3, 0.4) is 0 Å². The maximum atomic E-state index is 11.8. The summed E-state index contributed by atoms with van der Waals surface area (Å²) in [6, 6.07) is 3.95. The van der Waals surface area contributed by atoms with E-state index < -0.39 is 11.4 Å². The standard InChI is InChI=1S/C10H14BrNOS2/c1-7(8-5-6-9(11)14-8)12-15(13)10(2,3)4/h5-6H,1-4H3/t15-/m0/s1. The minimum atomic E-state index is -1.18. The summed E-state index contributed by atoms with van der Waals surface area (Å²) in [5.74, 6) is 0. The molecule has 1 rings (SSSR count). The van der Waals surface area contributed by atoms with Crippen molar-refractivity contribution in [3.8, 4) is 0 Å². The Balaban J connectivity index is 2.85. The first-order chi connectivity index (χ1) is 6.80. The largest absolute Gasteiger partial charge is 0.591 e. The Hall–Kier alpha value is 0.160. The molecular weight excluding hydrogens is 294 g/mol. The molecule has 2 nitrogen and oxygen atoms in total. The normalized spacial score (nSPS) is 15.5. The van der Waals surface area contributed by atoms with Crippen LogP contribution in [0.5, 0.6) is 0 Å². The van der Waals surface area contributed by atoms with Crippen LogP contribution in [0.2, 0.25) is 0 Å². The first kappa shape index (κ1) is 13.2. The predicted octanol–water partition coefficient (Wildman–Crippen LogP) is 3.78. The molecule has 0 bridgehead atoms. The van der Waals surface area contributed by atoms with E-state index in [4.69, 9.17) is 0 Å². The quantitative estimate of drug-likeness (QED) is 0.605. The molecule has 15 heavy (non-hydrogen) atoms. The summed E-state index contributed by atoms with van der Waals surface area (Å²) in [5.41, 5.74) is 0.832. The molecule has 0 N–H and O–H groups in total. The van der Waals surface area contributed by atoms with Gasteiger partial charge in [0, 0.05) is 0 Å². The van der Waals surface area contributed by atoms with Crippen molar-refractivity contribution in [3.63, 3.8) is 0 Å². The van der Waals surface area contributed by atoms with Gasteiger partial charge in [0.05, 0.1) is 8.66 Å². The van der Waals surface area contributed by atoms with E-state index in [1.807, 2.05) is 39.8 Å². The molecule has 0 aliphatic heterocycles. The zero-order valence-corrected chi connectivity index (χ0v) is 12.4. The van der Waals surface area contributed by atoms with Gasteiger partial charge in [0.2, 0.25) is 0 Å². The fourth-order valence-electron chi connectivity index (χ4n) is 0.815. The SMILES string of the molecule is CC(=N[S@@+]([O-])C(C)(C)C)c1ccc(Br)s1. The Morgan fingerprint density at radius 1 is 1.47 bits per heavy atom. The van der Waals surface area contributed by atoms with Crippen LogP contribution in [0.4, 0.5) is 0 Å². The van der Waals surface area contributed by atoms with Gasteiger partial charge in [0.25, 0.3) is 0 Å². The molecule has 0 fully saturated rings. The summed E-state index contributed by atoms with van der Waals surface area (Å²) >= 11 is 3.81. The van der Waals surface area contributed by atoms with Crippen LogP contribution in [0.1, 0.15) is 32.6 Å². The lowest BCUT2D eigenvalue weighted by molar-refractivity contribution is 0.561. The van der Waals surface area contributed by atoms with E-state index in [2.05, 4.69) is 20.3 Å². The second-order valence-electron chi connectivity index (χ2n) is 4.14. The molecule has 0 aromatic carbocycles. The molecule has 1 aromatic heterocycles. The lowest BCUT2D eigenvalue weighted by atomic mass is 10.3. The van der Waals surface area contributed by atoms with Crippen LogP contribution >= 0.6 is 27.3 Å². The topological polar surface area (TPSA) is 35.4 Å². The van der Waals surface area contributed by atoms with E-state index in [9.17, 15) is 4.55 Å². The molecule has 5 heteroatoms. The van der Waals surface area contributed by atoms with Crippen LogP contribution in [0.15, 0.2) is 20.3 Å². The Labute approximate surface area is 106 Å². The molecule has 0 radical (unpaired) electrons. The van der Waals surface area contributed by atoms with Crippen LogP contribution in [0.25, 0.3) is 0 Å². The van der Waals surface area contributed by atoms with E-state index in [0.29, 0.717) is 0 Å². The van der Waals surface area contributed by atoms with Crippen molar-refractivity contribution >= 4 is 44.3 Å². The average Bonchev–Trinajstić information content (AvgIpc) is 2.50. The predicted molar refractivity (Wildman–Crippen MR) is 72.1 cm³/mol. The fraction of sp³-hybridized carbons (Fsp3) is 0.500. The molecule has 1 atom stereocenters. The van der Waals surface area contributed by atoms with E-state index in [0.717, 1.165) is 14.4 Å². The number of nitrogens with zero attached hydrogens (tertiary/aromatic N) is 1. The van der Waals surface area contributed by atoms with Crippen molar-refractivity contribution in [1.82, 2.24) is 0 Å². The summed E-state index contributed by atoms with van der Waals surface area (Å²) in [4.78, 5) is 1.06. The van der Waals surface area contributed by atoms with Crippen LogP contribution in [-0.2, 0) is 11.4 Å². The van der Waals surface area contributed by atoms with E-state index in [1.54, 1.807) is 11.3 Å². The lowest BCUT2D eigenvalue weighted by Crippen LogP contribution is -2.26. The second-order valence-corrected chi connectivity index (χ2v) is 8.51. The van der Waals surface area contributed by atoms with Crippen molar-refractivity contribution in [2.24, 2.45) is 4.40 Å². The molecule has 0 spiro atoms. The molecule has 0 amide bonds. The summed E-state index contributed by atoms with van der Waals surface area (Å²) in [6.45, 7) is 7.65. The van der Waals surface area contributed by atoms with E-state index in [1.165, 1.54) is 0 Å². The lowest BCUT2D eigenvalue weighted by Gasteiger charge is -2.18. The minimum absolute atomic E-state index is 0.296. The summed E-state index contributed by atoms with van der Waals surface area (Å²) in [7, 11) is 0. The third kappa shape index (κ3) is 3.90. The van der Waals surface area contributed by atoms with Gasteiger partial charge in [-0.1, -0.05) is 4.40 Å².